The van der Waals surface area contributed by atoms with E-state index in [4.69, 9.17) is 5.73 Å². The van der Waals surface area contributed by atoms with Gasteiger partial charge in [0.05, 0.1) is 11.4 Å². The first-order valence-electron chi connectivity index (χ1n) is 6.35. The zero-order valence-electron chi connectivity index (χ0n) is 10.5. The number of anilines is 1. The van der Waals surface area contributed by atoms with E-state index < -0.39 is 0 Å². The third-order valence-corrected chi connectivity index (χ3v) is 3.50. The highest BCUT2D eigenvalue weighted by Gasteiger charge is 2.26. The Morgan fingerprint density at radius 3 is 3.11 bits per heavy atom. The maximum Gasteiger partial charge on any atom is 0.222 e. The Morgan fingerprint density at radius 1 is 1.37 bits per heavy atom. The van der Waals surface area contributed by atoms with Gasteiger partial charge in [0.25, 0.3) is 0 Å². The molecule has 0 aromatic carbocycles. The fourth-order valence-corrected chi connectivity index (χ4v) is 2.51. The average molecular weight is 257 g/mol. The molecule has 0 bridgehead atoms. The van der Waals surface area contributed by atoms with Gasteiger partial charge in [-0.1, -0.05) is 0 Å². The van der Waals surface area contributed by atoms with Crippen molar-refractivity contribution in [3.05, 3.63) is 24.7 Å². The summed E-state index contributed by atoms with van der Waals surface area (Å²) in [6, 6.07) is 3.75. The molecule has 0 radical (unpaired) electrons. The number of amides is 1. The van der Waals surface area contributed by atoms with Gasteiger partial charge in [-0.25, -0.2) is 9.97 Å². The molecule has 6 heteroatoms. The second kappa shape index (κ2) is 4.79. The first-order valence-corrected chi connectivity index (χ1v) is 6.35. The van der Waals surface area contributed by atoms with Crippen molar-refractivity contribution in [1.29, 1.82) is 0 Å². The van der Waals surface area contributed by atoms with Gasteiger partial charge in [0.1, 0.15) is 11.8 Å². The first kappa shape index (κ1) is 11.8. The summed E-state index contributed by atoms with van der Waals surface area (Å²) >= 11 is 0. The van der Waals surface area contributed by atoms with E-state index in [-0.39, 0.29) is 11.8 Å². The number of rotatable bonds is 2. The molecule has 2 N–H and O–H groups in total. The minimum Gasteiger partial charge on any atom is -0.369 e. The van der Waals surface area contributed by atoms with E-state index in [2.05, 4.69) is 19.9 Å². The molecule has 2 aromatic rings. The highest BCUT2D eigenvalue weighted by atomic mass is 16.1. The van der Waals surface area contributed by atoms with Crippen LogP contribution in [0.1, 0.15) is 12.8 Å². The molecule has 0 aliphatic carbocycles. The molecule has 6 nitrogen and oxygen atoms in total. The molecule has 1 saturated heterocycles. The minimum absolute atomic E-state index is 0.109. The average Bonchev–Trinajstić information content (AvgIpc) is 2.47. The molecule has 1 aliphatic rings. The van der Waals surface area contributed by atoms with E-state index in [0.717, 1.165) is 36.2 Å². The van der Waals surface area contributed by atoms with Crippen molar-refractivity contribution < 1.29 is 4.79 Å². The summed E-state index contributed by atoms with van der Waals surface area (Å²) in [5.74, 6) is 0.440. The number of primary amides is 1. The zero-order chi connectivity index (χ0) is 13.2. The van der Waals surface area contributed by atoms with E-state index in [1.165, 1.54) is 6.33 Å². The van der Waals surface area contributed by atoms with E-state index in [9.17, 15) is 4.79 Å². The lowest BCUT2D eigenvalue weighted by molar-refractivity contribution is -0.122. The van der Waals surface area contributed by atoms with Crippen molar-refractivity contribution in [1.82, 2.24) is 15.0 Å². The van der Waals surface area contributed by atoms with Gasteiger partial charge < -0.3 is 10.6 Å². The van der Waals surface area contributed by atoms with Gasteiger partial charge >= 0.3 is 0 Å². The lowest BCUT2D eigenvalue weighted by Gasteiger charge is -2.32. The Labute approximate surface area is 110 Å². The van der Waals surface area contributed by atoms with Crippen LogP contribution in [0.3, 0.4) is 0 Å². The number of hydrogen-bond donors (Lipinski definition) is 1. The molecule has 2 aromatic heterocycles. The summed E-state index contributed by atoms with van der Waals surface area (Å²) < 4.78 is 0. The predicted octanol–water partition coefficient (Wildman–Crippen LogP) is 0.726. The van der Waals surface area contributed by atoms with E-state index in [1.54, 1.807) is 6.20 Å². The van der Waals surface area contributed by atoms with Crippen LogP contribution in [0.15, 0.2) is 24.7 Å². The fraction of sp³-hybridized carbons (Fsp3) is 0.385. The molecule has 1 aliphatic heterocycles. The molecule has 3 heterocycles. The molecular weight excluding hydrogens is 242 g/mol. The standard InChI is InChI=1S/C13H15N5O/c14-12(19)9-3-2-6-18(7-9)13-11-10(16-8-17-13)4-1-5-15-11/h1,4-5,8-9H,2-3,6-7H2,(H2,14,19). The number of nitrogens with zero attached hydrogens (tertiary/aromatic N) is 4. The van der Waals surface area contributed by atoms with Gasteiger partial charge in [-0.15, -0.1) is 0 Å². The van der Waals surface area contributed by atoms with E-state index in [0.29, 0.717) is 6.54 Å². The molecule has 1 atom stereocenters. The van der Waals surface area contributed by atoms with Crippen LogP contribution in [0.2, 0.25) is 0 Å². The number of fused-ring (bicyclic) bond motifs is 1. The number of hydrogen-bond acceptors (Lipinski definition) is 5. The highest BCUT2D eigenvalue weighted by Crippen LogP contribution is 2.25. The van der Waals surface area contributed by atoms with Gasteiger partial charge in [0.15, 0.2) is 5.82 Å². The lowest BCUT2D eigenvalue weighted by atomic mass is 9.97. The van der Waals surface area contributed by atoms with Crippen molar-refractivity contribution in [3.63, 3.8) is 0 Å². The lowest BCUT2D eigenvalue weighted by Crippen LogP contribution is -2.41. The summed E-state index contributed by atoms with van der Waals surface area (Å²) in [5, 5.41) is 0. The maximum absolute atomic E-state index is 11.3. The number of piperidine rings is 1. The smallest absolute Gasteiger partial charge is 0.222 e. The molecule has 1 amide bonds. The fourth-order valence-electron chi connectivity index (χ4n) is 2.51. The van der Waals surface area contributed by atoms with Gasteiger partial charge in [-0.05, 0) is 25.0 Å². The first-order chi connectivity index (χ1) is 9.25. The Kier molecular flexibility index (Phi) is 2.98. The Bertz CT molecular complexity index is 610. The number of carbonyl (C=O) groups is 1. The van der Waals surface area contributed by atoms with E-state index >= 15 is 0 Å². The Morgan fingerprint density at radius 2 is 2.26 bits per heavy atom. The minimum atomic E-state index is -0.240. The molecule has 0 saturated carbocycles. The van der Waals surface area contributed by atoms with Crippen molar-refractivity contribution in [2.75, 3.05) is 18.0 Å². The number of carbonyl (C=O) groups excluding carboxylic acids is 1. The summed E-state index contributed by atoms with van der Waals surface area (Å²) in [6.07, 6.45) is 5.05. The summed E-state index contributed by atoms with van der Waals surface area (Å²) in [4.78, 5) is 26.3. The normalized spacial score (nSPS) is 19.6. The van der Waals surface area contributed by atoms with Crippen molar-refractivity contribution in [3.8, 4) is 0 Å². The van der Waals surface area contributed by atoms with Crippen LogP contribution in [0, 0.1) is 5.92 Å². The number of aromatic nitrogens is 3. The quantitative estimate of drug-likeness (QED) is 0.857. The molecule has 0 spiro atoms. The largest absolute Gasteiger partial charge is 0.369 e. The summed E-state index contributed by atoms with van der Waals surface area (Å²) in [6.45, 7) is 1.48. The SMILES string of the molecule is NC(=O)C1CCCN(c2ncnc3cccnc23)C1. The molecule has 98 valence electrons. The van der Waals surface area contributed by atoms with Crippen molar-refractivity contribution in [2.45, 2.75) is 12.8 Å². The van der Waals surface area contributed by atoms with Crippen LogP contribution in [0.5, 0.6) is 0 Å². The van der Waals surface area contributed by atoms with Crippen molar-refractivity contribution >= 4 is 22.8 Å². The van der Waals surface area contributed by atoms with Crippen LogP contribution < -0.4 is 10.6 Å². The number of nitrogens with two attached hydrogens (primary N) is 1. The van der Waals surface area contributed by atoms with Gasteiger partial charge in [-0.2, -0.15) is 0 Å². The van der Waals surface area contributed by atoms with Crippen LogP contribution >= 0.6 is 0 Å². The second-order valence-corrected chi connectivity index (χ2v) is 4.76. The second-order valence-electron chi connectivity index (χ2n) is 4.76. The molecular formula is C13H15N5O. The van der Waals surface area contributed by atoms with Gasteiger partial charge in [-0.3, -0.25) is 9.78 Å². The molecule has 1 fully saturated rings. The van der Waals surface area contributed by atoms with Gasteiger partial charge in [0.2, 0.25) is 5.91 Å². The van der Waals surface area contributed by atoms with Crippen molar-refractivity contribution in [2.24, 2.45) is 11.7 Å². The maximum atomic E-state index is 11.3. The zero-order valence-corrected chi connectivity index (χ0v) is 10.5. The van der Waals surface area contributed by atoms with E-state index in [1.807, 2.05) is 12.1 Å². The van der Waals surface area contributed by atoms with Crippen LogP contribution in [0.4, 0.5) is 5.82 Å². The highest BCUT2D eigenvalue weighted by molar-refractivity contribution is 5.85. The van der Waals surface area contributed by atoms with Crippen LogP contribution in [-0.4, -0.2) is 33.9 Å². The third-order valence-electron chi connectivity index (χ3n) is 3.50. The summed E-state index contributed by atoms with van der Waals surface area (Å²) in [7, 11) is 0. The number of pyridine rings is 1. The topological polar surface area (TPSA) is 85.0 Å². The summed E-state index contributed by atoms with van der Waals surface area (Å²) in [5.41, 5.74) is 6.99. The predicted molar refractivity (Wildman–Crippen MR) is 71.5 cm³/mol. The molecule has 1 unspecified atom stereocenters. The monoisotopic (exact) mass is 257 g/mol. The van der Waals surface area contributed by atoms with Crippen LogP contribution in [-0.2, 0) is 4.79 Å². The molecule has 19 heavy (non-hydrogen) atoms. The third kappa shape index (κ3) is 2.21. The van der Waals surface area contributed by atoms with Crippen LogP contribution in [0.25, 0.3) is 11.0 Å². The molecule has 3 rings (SSSR count). The Hall–Kier alpha value is -2.24. The Balaban J connectivity index is 1.97. The van der Waals surface area contributed by atoms with Gasteiger partial charge in [0, 0.05) is 19.3 Å².